The molecule has 102 valence electrons. The van der Waals surface area contributed by atoms with Crippen LogP contribution in [0.3, 0.4) is 0 Å². The van der Waals surface area contributed by atoms with E-state index in [-0.39, 0.29) is 6.04 Å². The normalized spacial score (nSPS) is 12.6. The van der Waals surface area contributed by atoms with Crippen LogP contribution in [0.25, 0.3) is 0 Å². The van der Waals surface area contributed by atoms with E-state index in [1.54, 1.807) is 6.20 Å². The fourth-order valence-corrected chi connectivity index (χ4v) is 2.65. The van der Waals surface area contributed by atoms with Crippen LogP contribution in [0.5, 0.6) is 0 Å². The quantitative estimate of drug-likeness (QED) is 0.904. The van der Waals surface area contributed by atoms with Crippen molar-refractivity contribution in [1.82, 2.24) is 20.1 Å². The van der Waals surface area contributed by atoms with Crippen LogP contribution in [0.4, 0.5) is 0 Å². The third-order valence-electron chi connectivity index (χ3n) is 2.86. The van der Waals surface area contributed by atoms with E-state index in [2.05, 4.69) is 45.2 Å². The van der Waals surface area contributed by atoms with Crippen molar-refractivity contribution in [3.63, 3.8) is 0 Å². The van der Waals surface area contributed by atoms with Gasteiger partial charge in [0.25, 0.3) is 0 Å². The van der Waals surface area contributed by atoms with Gasteiger partial charge in [-0.1, -0.05) is 18.5 Å². The van der Waals surface area contributed by atoms with Crippen molar-refractivity contribution in [2.75, 3.05) is 6.54 Å². The van der Waals surface area contributed by atoms with Gasteiger partial charge in [-0.15, -0.1) is 0 Å². The first-order valence-electron chi connectivity index (χ1n) is 6.23. The van der Waals surface area contributed by atoms with Gasteiger partial charge < -0.3 is 5.32 Å². The summed E-state index contributed by atoms with van der Waals surface area (Å²) in [4.78, 5) is 4.41. The highest BCUT2D eigenvalue weighted by Crippen LogP contribution is 2.28. The monoisotopic (exact) mass is 342 g/mol. The van der Waals surface area contributed by atoms with Gasteiger partial charge in [0.15, 0.2) is 0 Å². The van der Waals surface area contributed by atoms with Gasteiger partial charge in [-0.3, -0.25) is 9.67 Å². The van der Waals surface area contributed by atoms with Crippen LogP contribution in [-0.4, -0.2) is 21.3 Å². The van der Waals surface area contributed by atoms with E-state index in [0.29, 0.717) is 5.02 Å². The Kier molecular flexibility index (Phi) is 4.96. The first-order valence-corrected chi connectivity index (χ1v) is 7.40. The lowest BCUT2D eigenvalue weighted by atomic mass is 10.1. The molecule has 2 rings (SSSR count). The van der Waals surface area contributed by atoms with Crippen LogP contribution in [0.1, 0.15) is 31.3 Å². The molecule has 0 aliphatic heterocycles. The molecular formula is C13H16BrClN4. The van der Waals surface area contributed by atoms with Gasteiger partial charge in [-0.2, -0.15) is 5.10 Å². The zero-order valence-corrected chi connectivity index (χ0v) is 13.2. The van der Waals surface area contributed by atoms with Crippen molar-refractivity contribution < 1.29 is 0 Å². The maximum atomic E-state index is 5.90. The number of rotatable bonds is 5. The van der Waals surface area contributed by atoms with Crippen molar-refractivity contribution in [2.24, 2.45) is 0 Å². The summed E-state index contributed by atoms with van der Waals surface area (Å²) in [5.74, 6) is 0. The fourth-order valence-electron chi connectivity index (χ4n) is 2.01. The average molecular weight is 344 g/mol. The molecule has 1 atom stereocenters. The molecule has 0 radical (unpaired) electrons. The topological polar surface area (TPSA) is 42.7 Å². The second-order valence-electron chi connectivity index (χ2n) is 4.09. The summed E-state index contributed by atoms with van der Waals surface area (Å²) < 4.78 is 2.95. The van der Waals surface area contributed by atoms with Crippen LogP contribution in [0.15, 0.2) is 29.0 Å². The molecule has 6 heteroatoms. The second kappa shape index (κ2) is 6.50. The third kappa shape index (κ3) is 3.16. The van der Waals surface area contributed by atoms with E-state index < -0.39 is 0 Å². The highest BCUT2D eigenvalue weighted by Gasteiger charge is 2.21. The average Bonchev–Trinajstić information content (AvgIpc) is 2.78. The van der Waals surface area contributed by atoms with Gasteiger partial charge in [-0.05, 0) is 41.5 Å². The van der Waals surface area contributed by atoms with Gasteiger partial charge in [0.1, 0.15) is 0 Å². The number of halogens is 2. The molecule has 0 saturated carbocycles. The SMILES string of the molecule is CCNC(c1ccc(Cl)cn1)c1c(Br)cnn1CC. The van der Waals surface area contributed by atoms with Crippen molar-refractivity contribution in [3.05, 3.63) is 45.4 Å². The van der Waals surface area contributed by atoms with E-state index in [4.69, 9.17) is 11.6 Å². The number of aryl methyl sites for hydroxylation is 1. The van der Waals surface area contributed by atoms with Crippen LogP contribution < -0.4 is 5.32 Å². The number of pyridine rings is 1. The summed E-state index contributed by atoms with van der Waals surface area (Å²) in [6.45, 7) is 5.80. The molecular weight excluding hydrogens is 328 g/mol. The molecule has 0 saturated heterocycles. The Hall–Kier alpha value is -0.910. The maximum absolute atomic E-state index is 5.90. The molecule has 2 heterocycles. The lowest BCUT2D eigenvalue weighted by Gasteiger charge is -2.19. The van der Waals surface area contributed by atoms with E-state index in [1.807, 2.05) is 23.0 Å². The first kappa shape index (κ1) is 14.5. The Labute approximate surface area is 126 Å². The summed E-state index contributed by atoms with van der Waals surface area (Å²) in [5.41, 5.74) is 2.02. The molecule has 4 nitrogen and oxygen atoms in total. The molecule has 0 spiro atoms. The lowest BCUT2D eigenvalue weighted by Crippen LogP contribution is -2.26. The molecule has 0 aliphatic carbocycles. The summed E-state index contributed by atoms with van der Waals surface area (Å²) >= 11 is 9.46. The fraction of sp³-hybridized carbons (Fsp3) is 0.385. The van der Waals surface area contributed by atoms with E-state index in [0.717, 1.165) is 29.0 Å². The molecule has 19 heavy (non-hydrogen) atoms. The van der Waals surface area contributed by atoms with E-state index in [9.17, 15) is 0 Å². The van der Waals surface area contributed by atoms with Crippen LogP contribution in [0, 0.1) is 0 Å². The molecule has 0 amide bonds. The zero-order chi connectivity index (χ0) is 13.8. The number of aromatic nitrogens is 3. The molecule has 1 N–H and O–H groups in total. The maximum Gasteiger partial charge on any atom is 0.0933 e. The Bertz CT molecular complexity index is 538. The minimum Gasteiger partial charge on any atom is -0.304 e. The third-order valence-corrected chi connectivity index (χ3v) is 3.70. The Morgan fingerprint density at radius 3 is 2.74 bits per heavy atom. The Morgan fingerprint density at radius 1 is 1.37 bits per heavy atom. The lowest BCUT2D eigenvalue weighted by molar-refractivity contribution is 0.533. The number of hydrogen-bond donors (Lipinski definition) is 1. The highest BCUT2D eigenvalue weighted by atomic mass is 79.9. The predicted octanol–water partition coefficient (Wildman–Crippen LogP) is 3.41. The summed E-state index contributed by atoms with van der Waals surface area (Å²) in [5, 5.41) is 8.44. The van der Waals surface area contributed by atoms with Gasteiger partial charge >= 0.3 is 0 Å². The van der Waals surface area contributed by atoms with E-state index in [1.165, 1.54) is 0 Å². The van der Waals surface area contributed by atoms with Crippen LogP contribution in [0.2, 0.25) is 5.02 Å². The van der Waals surface area contributed by atoms with Crippen molar-refractivity contribution >= 4 is 27.5 Å². The summed E-state index contributed by atoms with van der Waals surface area (Å²) in [6, 6.07) is 3.79. The predicted molar refractivity (Wildman–Crippen MR) is 80.4 cm³/mol. The molecule has 2 aromatic heterocycles. The van der Waals surface area contributed by atoms with Crippen LogP contribution in [-0.2, 0) is 6.54 Å². The van der Waals surface area contributed by atoms with Crippen LogP contribution >= 0.6 is 27.5 Å². The molecule has 0 bridgehead atoms. The number of nitrogens with one attached hydrogen (secondary N) is 1. The van der Waals surface area contributed by atoms with Gasteiger partial charge in [-0.25, -0.2) is 0 Å². The minimum absolute atomic E-state index is 0.000841. The molecule has 0 fully saturated rings. The molecule has 2 aromatic rings. The number of hydrogen-bond acceptors (Lipinski definition) is 3. The van der Waals surface area contributed by atoms with Crippen molar-refractivity contribution in [1.29, 1.82) is 0 Å². The standard InChI is InChI=1S/C13H16BrClN4/c1-3-16-12(11-6-5-9(15)7-17-11)13-10(14)8-18-19(13)4-2/h5-8,12,16H,3-4H2,1-2H3. The smallest absolute Gasteiger partial charge is 0.0933 e. The summed E-state index contributed by atoms with van der Waals surface area (Å²) in [6.07, 6.45) is 3.49. The molecule has 0 aliphatic rings. The molecule has 0 aromatic carbocycles. The molecule has 1 unspecified atom stereocenters. The van der Waals surface area contributed by atoms with Crippen molar-refractivity contribution in [3.8, 4) is 0 Å². The number of nitrogens with zero attached hydrogens (tertiary/aromatic N) is 3. The minimum atomic E-state index is -0.000841. The Balaban J connectivity index is 2.44. The first-order chi connectivity index (χ1) is 9.17. The van der Waals surface area contributed by atoms with Crippen molar-refractivity contribution in [2.45, 2.75) is 26.4 Å². The van der Waals surface area contributed by atoms with Gasteiger partial charge in [0.2, 0.25) is 0 Å². The summed E-state index contributed by atoms with van der Waals surface area (Å²) in [7, 11) is 0. The van der Waals surface area contributed by atoms with Gasteiger partial charge in [0, 0.05) is 12.7 Å². The van der Waals surface area contributed by atoms with E-state index >= 15 is 0 Å². The highest BCUT2D eigenvalue weighted by molar-refractivity contribution is 9.10. The largest absolute Gasteiger partial charge is 0.304 e. The zero-order valence-electron chi connectivity index (χ0n) is 10.9. The van der Waals surface area contributed by atoms with Gasteiger partial charge in [0.05, 0.1) is 33.1 Å². The second-order valence-corrected chi connectivity index (χ2v) is 5.38. The Morgan fingerprint density at radius 2 is 2.16 bits per heavy atom.